The zero-order chi connectivity index (χ0) is 28.7. The highest BCUT2D eigenvalue weighted by molar-refractivity contribution is 7.17. The molecule has 2 N–H and O–H groups in total. The molecule has 0 aliphatic carbocycles. The van der Waals surface area contributed by atoms with E-state index >= 15 is 0 Å². The van der Waals surface area contributed by atoms with Gasteiger partial charge in [0.25, 0.3) is 0 Å². The molecule has 0 spiro atoms. The molecule has 5 rings (SSSR count). The lowest BCUT2D eigenvalue weighted by molar-refractivity contribution is -0.137. The van der Waals surface area contributed by atoms with Crippen molar-refractivity contribution < 1.29 is 27.4 Å². The molecule has 10 nitrogen and oxygen atoms in total. The second-order valence-corrected chi connectivity index (χ2v) is 11.7. The van der Waals surface area contributed by atoms with E-state index in [4.69, 9.17) is 20.2 Å². The van der Waals surface area contributed by atoms with Crippen LogP contribution in [0.4, 0.5) is 29.7 Å². The fraction of sp³-hybridized carbons (Fsp3) is 0.538. The number of nitrogens with zero attached hydrogens (tertiary/aromatic N) is 6. The van der Waals surface area contributed by atoms with E-state index in [1.807, 2.05) is 31.1 Å². The van der Waals surface area contributed by atoms with Crippen molar-refractivity contribution in [1.82, 2.24) is 24.8 Å². The molecule has 0 bridgehead atoms. The zero-order valence-corrected chi connectivity index (χ0v) is 23.4. The molecule has 14 heteroatoms. The van der Waals surface area contributed by atoms with Crippen molar-refractivity contribution in [3.8, 4) is 11.3 Å². The van der Waals surface area contributed by atoms with Crippen LogP contribution >= 0.6 is 11.3 Å². The molecule has 0 unspecified atom stereocenters. The number of hydrogen-bond acceptors (Lipinski definition) is 10. The first-order chi connectivity index (χ1) is 18.9. The van der Waals surface area contributed by atoms with Crippen LogP contribution in [0.25, 0.3) is 21.5 Å². The Kier molecular flexibility index (Phi) is 7.77. The average Bonchev–Trinajstić information content (AvgIpc) is 3.30. The van der Waals surface area contributed by atoms with E-state index in [2.05, 4.69) is 14.9 Å². The first kappa shape index (κ1) is 28.3. The number of halogens is 3. The lowest BCUT2D eigenvalue weighted by Crippen LogP contribution is -2.49. The molecule has 3 aromatic rings. The van der Waals surface area contributed by atoms with Crippen molar-refractivity contribution >= 4 is 39.4 Å². The van der Waals surface area contributed by atoms with Crippen molar-refractivity contribution in [3.05, 3.63) is 28.8 Å². The molecular formula is C26H32F3N7O3S. The molecule has 3 aromatic heterocycles. The highest BCUT2D eigenvalue weighted by atomic mass is 32.1. The van der Waals surface area contributed by atoms with Gasteiger partial charge in [-0.1, -0.05) is 0 Å². The summed E-state index contributed by atoms with van der Waals surface area (Å²) in [7, 11) is 0. The number of aromatic nitrogens is 3. The van der Waals surface area contributed by atoms with Crippen molar-refractivity contribution in [1.29, 1.82) is 0 Å². The van der Waals surface area contributed by atoms with Gasteiger partial charge in [0, 0.05) is 63.1 Å². The number of thiophene rings is 1. The van der Waals surface area contributed by atoms with Crippen LogP contribution in [0.2, 0.25) is 0 Å². The van der Waals surface area contributed by atoms with Gasteiger partial charge in [-0.05, 0) is 32.2 Å². The van der Waals surface area contributed by atoms with E-state index in [0.717, 1.165) is 17.8 Å². The predicted octanol–water partition coefficient (Wildman–Crippen LogP) is 4.24. The van der Waals surface area contributed by atoms with Crippen LogP contribution in [0.15, 0.2) is 17.6 Å². The number of nitrogens with two attached hydrogens (primary N) is 1. The molecule has 2 fully saturated rings. The molecule has 2 aliphatic heterocycles. The van der Waals surface area contributed by atoms with Crippen LogP contribution < -0.4 is 10.6 Å². The van der Waals surface area contributed by atoms with E-state index in [0.29, 0.717) is 75.2 Å². The summed E-state index contributed by atoms with van der Waals surface area (Å²) < 4.78 is 53.7. The third-order valence-corrected chi connectivity index (χ3v) is 7.70. The predicted molar refractivity (Wildman–Crippen MR) is 146 cm³/mol. The Morgan fingerprint density at radius 1 is 1.10 bits per heavy atom. The van der Waals surface area contributed by atoms with Gasteiger partial charge < -0.3 is 25.0 Å². The summed E-state index contributed by atoms with van der Waals surface area (Å²) >= 11 is 1.31. The Hall–Kier alpha value is -3.23. The second kappa shape index (κ2) is 11.0. The van der Waals surface area contributed by atoms with Gasteiger partial charge in [0.05, 0.1) is 34.7 Å². The molecule has 5 heterocycles. The SMILES string of the molecule is CC(C)(C)OC(=O)N1CCN(Cc2csc3c(-c4cnc(N)cc4C(F)(F)F)nc(N4CCOCC4)nc23)CC1. The average molecular weight is 580 g/mol. The Morgan fingerprint density at radius 2 is 1.80 bits per heavy atom. The Bertz CT molecular complexity index is 1380. The Balaban J connectivity index is 1.47. The number of carbonyl (C=O) groups excluding carboxylic acids is 1. The van der Waals surface area contributed by atoms with E-state index in [9.17, 15) is 18.0 Å². The molecule has 0 atom stereocenters. The molecule has 1 amide bonds. The number of anilines is 2. The highest BCUT2D eigenvalue weighted by Crippen LogP contribution is 2.41. The van der Waals surface area contributed by atoms with Gasteiger partial charge in [-0.2, -0.15) is 13.2 Å². The van der Waals surface area contributed by atoms with E-state index < -0.39 is 17.3 Å². The maximum Gasteiger partial charge on any atom is 0.417 e. The van der Waals surface area contributed by atoms with Crippen molar-refractivity contribution in [2.75, 3.05) is 63.1 Å². The summed E-state index contributed by atoms with van der Waals surface area (Å²) in [4.78, 5) is 31.7. The summed E-state index contributed by atoms with van der Waals surface area (Å²) in [6, 6.07) is 0.844. The fourth-order valence-electron chi connectivity index (χ4n) is 4.70. The first-order valence-corrected chi connectivity index (χ1v) is 13.9. The van der Waals surface area contributed by atoms with E-state index in [-0.39, 0.29) is 23.2 Å². The molecule has 0 aromatic carbocycles. The lowest BCUT2D eigenvalue weighted by atomic mass is 10.1. The number of rotatable bonds is 4. The number of alkyl halides is 3. The number of piperazine rings is 1. The number of pyridine rings is 1. The minimum atomic E-state index is -4.64. The van der Waals surface area contributed by atoms with Crippen molar-refractivity contribution in [3.63, 3.8) is 0 Å². The van der Waals surface area contributed by atoms with E-state index in [1.54, 1.807) is 4.90 Å². The number of nitrogen functional groups attached to an aromatic ring is 1. The quantitative estimate of drug-likeness (QED) is 0.485. The number of amides is 1. The van der Waals surface area contributed by atoms with Crippen LogP contribution in [0, 0.1) is 0 Å². The van der Waals surface area contributed by atoms with Crippen LogP contribution in [-0.4, -0.2) is 88.9 Å². The normalized spacial score (nSPS) is 17.4. The maximum atomic E-state index is 14.1. The monoisotopic (exact) mass is 579 g/mol. The summed E-state index contributed by atoms with van der Waals surface area (Å²) in [6.45, 7) is 10.4. The van der Waals surface area contributed by atoms with Gasteiger partial charge in [0.15, 0.2) is 0 Å². The third kappa shape index (κ3) is 6.23. The fourth-order valence-corrected chi connectivity index (χ4v) is 5.71. The molecular weight excluding hydrogens is 547 g/mol. The largest absolute Gasteiger partial charge is 0.444 e. The van der Waals surface area contributed by atoms with Crippen molar-refractivity contribution in [2.24, 2.45) is 0 Å². The minimum absolute atomic E-state index is 0.136. The van der Waals surface area contributed by atoms with Crippen LogP contribution in [0.5, 0.6) is 0 Å². The summed E-state index contributed by atoms with van der Waals surface area (Å²) in [5.41, 5.74) is 5.71. The third-order valence-electron chi connectivity index (χ3n) is 6.67. The first-order valence-electron chi connectivity index (χ1n) is 13.0. The molecule has 2 saturated heterocycles. The number of morpholine rings is 1. The van der Waals surface area contributed by atoms with Crippen LogP contribution in [-0.2, 0) is 22.2 Å². The number of hydrogen-bond donors (Lipinski definition) is 1. The van der Waals surface area contributed by atoms with Gasteiger partial charge in [0.1, 0.15) is 11.4 Å². The van der Waals surface area contributed by atoms with Gasteiger partial charge >= 0.3 is 12.3 Å². The van der Waals surface area contributed by atoms with E-state index in [1.165, 1.54) is 11.3 Å². The smallest absolute Gasteiger partial charge is 0.417 e. The van der Waals surface area contributed by atoms with Gasteiger partial charge in [-0.15, -0.1) is 11.3 Å². The maximum absolute atomic E-state index is 14.1. The Morgan fingerprint density at radius 3 is 2.45 bits per heavy atom. The molecule has 2 aliphatic rings. The van der Waals surface area contributed by atoms with Gasteiger partial charge in [-0.25, -0.2) is 19.7 Å². The molecule has 0 saturated carbocycles. The lowest BCUT2D eigenvalue weighted by Gasteiger charge is -2.35. The van der Waals surface area contributed by atoms with Gasteiger partial charge in [-0.3, -0.25) is 4.90 Å². The molecule has 0 radical (unpaired) electrons. The summed E-state index contributed by atoms with van der Waals surface area (Å²) in [6.07, 6.45) is -3.84. The van der Waals surface area contributed by atoms with Gasteiger partial charge in [0.2, 0.25) is 5.95 Å². The van der Waals surface area contributed by atoms with Crippen LogP contribution in [0.1, 0.15) is 31.9 Å². The van der Waals surface area contributed by atoms with Crippen LogP contribution in [0.3, 0.4) is 0 Å². The standard InChI is InChI=1S/C26H32F3N7O3S/c1-25(2,3)39-24(37)36-6-4-34(5-7-36)14-16-15-40-22-20(16)32-23(35-8-10-38-11-9-35)33-21(22)17-13-31-19(30)12-18(17)26(27,28)29/h12-13,15H,4-11,14H2,1-3H3,(H2,30,31). The minimum Gasteiger partial charge on any atom is -0.444 e. The topological polar surface area (TPSA) is 110 Å². The van der Waals surface area contributed by atoms with Crippen molar-refractivity contribution in [2.45, 2.75) is 39.1 Å². The number of fused-ring (bicyclic) bond motifs is 1. The summed E-state index contributed by atoms with van der Waals surface area (Å²) in [5, 5.41) is 1.92. The molecule has 40 heavy (non-hydrogen) atoms. The Labute approximate surface area is 233 Å². The summed E-state index contributed by atoms with van der Waals surface area (Å²) in [5.74, 6) is 0.136. The number of ether oxygens (including phenoxy) is 2. The highest BCUT2D eigenvalue weighted by Gasteiger charge is 2.36. The second-order valence-electron chi connectivity index (χ2n) is 10.8. The zero-order valence-electron chi connectivity index (χ0n) is 22.6. The number of carbonyl (C=O) groups is 1. The molecule has 216 valence electrons.